The zero-order valence-corrected chi connectivity index (χ0v) is 18.9. The van der Waals surface area contributed by atoms with Crippen LogP contribution in [0.5, 0.6) is 0 Å². The lowest BCUT2D eigenvalue weighted by molar-refractivity contribution is 0.00719. The van der Waals surface area contributed by atoms with E-state index in [2.05, 4.69) is 17.0 Å². The maximum absolute atomic E-state index is 12.5. The van der Waals surface area contributed by atoms with Crippen molar-refractivity contribution in [3.8, 4) is 5.69 Å². The Hall–Kier alpha value is -3.36. The number of likely N-dealkylation sites (tertiary alicyclic amines) is 1. The van der Waals surface area contributed by atoms with E-state index in [4.69, 9.17) is 4.74 Å². The third kappa shape index (κ3) is 4.61. The molecule has 1 aliphatic rings. The Morgan fingerprint density at radius 2 is 2.03 bits per heavy atom. The van der Waals surface area contributed by atoms with E-state index in [0.29, 0.717) is 18.2 Å². The highest BCUT2D eigenvalue weighted by molar-refractivity contribution is 5.68. The Labute approximate surface area is 185 Å². The number of hydrogen-bond donors (Lipinski definition) is 1. The van der Waals surface area contributed by atoms with Crippen LogP contribution in [0.25, 0.3) is 11.2 Å². The van der Waals surface area contributed by atoms with Crippen LogP contribution in [0.1, 0.15) is 46.1 Å². The highest BCUT2D eigenvalue weighted by atomic mass is 16.6. The standard InChI is InChI=1S/C23H29N5O4/c1-15-11-16(5-8-26(15)22(31)32-23(2,3)4)12-17-6-10-28-18(13-17)19(14-24-28)27-9-7-20(29)25-21(27)30/h6-7,9-10,13-16H,5,8,11-12H2,1-4H3,(H,25,29,30)/t15-,16+/m0/s1. The molecule has 1 saturated heterocycles. The first-order chi connectivity index (χ1) is 15.1. The van der Waals surface area contributed by atoms with Crippen LogP contribution in [0.4, 0.5) is 4.79 Å². The monoisotopic (exact) mass is 439 g/mol. The Balaban J connectivity index is 1.50. The van der Waals surface area contributed by atoms with Gasteiger partial charge in [-0.15, -0.1) is 0 Å². The van der Waals surface area contributed by atoms with Crippen molar-refractivity contribution in [2.24, 2.45) is 5.92 Å². The van der Waals surface area contributed by atoms with Gasteiger partial charge in [0.15, 0.2) is 0 Å². The maximum Gasteiger partial charge on any atom is 0.410 e. The van der Waals surface area contributed by atoms with Crippen molar-refractivity contribution in [1.29, 1.82) is 0 Å². The molecule has 9 heteroatoms. The summed E-state index contributed by atoms with van der Waals surface area (Å²) in [6, 6.07) is 5.49. The average Bonchev–Trinajstić information content (AvgIpc) is 3.10. The number of piperidine rings is 1. The van der Waals surface area contributed by atoms with Gasteiger partial charge in [0.05, 0.1) is 17.4 Å². The fraction of sp³-hybridized carbons (Fsp3) is 0.478. The molecule has 0 bridgehead atoms. The van der Waals surface area contributed by atoms with Crippen LogP contribution >= 0.6 is 0 Å². The fourth-order valence-corrected chi connectivity index (χ4v) is 4.31. The second-order valence-electron chi connectivity index (χ2n) is 9.49. The minimum absolute atomic E-state index is 0.109. The summed E-state index contributed by atoms with van der Waals surface area (Å²) in [7, 11) is 0. The number of nitrogens with one attached hydrogen (secondary N) is 1. The summed E-state index contributed by atoms with van der Waals surface area (Å²) in [4.78, 5) is 40.2. The first-order valence-corrected chi connectivity index (χ1v) is 10.9. The fourth-order valence-electron chi connectivity index (χ4n) is 4.31. The molecule has 1 fully saturated rings. The van der Waals surface area contributed by atoms with Gasteiger partial charge in [0.25, 0.3) is 5.56 Å². The van der Waals surface area contributed by atoms with E-state index in [0.717, 1.165) is 30.3 Å². The highest BCUT2D eigenvalue weighted by Crippen LogP contribution is 2.28. The molecule has 1 amide bonds. The summed E-state index contributed by atoms with van der Waals surface area (Å²) in [6.07, 6.45) is 7.37. The molecule has 1 N–H and O–H groups in total. The van der Waals surface area contributed by atoms with Crippen LogP contribution in [0, 0.1) is 5.92 Å². The number of pyridine rings is 1. The molecule has 0 spiro atoms. The zero-order valence-electron chi connectivity index (χ0n) is 18.9. The third-order valence-corrected chi connectivity index (χ3v) is 5.79. The molecule has 0 aromatic carbocycles. The van der Waals surface area contributed by atoms with Crippen molar-refractivity contribution in [1.82, 2.24) is 24.1 Å². The molecule has 3 aromatic heterocycles. The molecule has 2 atom stereocenters. The number of hydrogen-bond acceptors (Lipinski definition) is 5. The van der Waals surface area contributed by atoms with Crippen LogP contribution in [0.2, 0.25) is 0 Å². The molecule has 1 aliphatic heterocycles. The Bertz CT molecular complexity index is 1250. The third-order valence-electron chi connectivity index (χ3n) is 5.79. The maximum atomic E-state index is 12.5. The summed E-state index contributed by atoms with van der Waals surface area (Å²) in [5.74, 6) is 0.438. The number of nitrogens with zero attached hydrogens (tertiary/aromatic N) is 4. The molecule has 32 heavy (non-hydrogen) atoms. The first kappa shape index (κ1) is 21.9. The van der Waals surface area contributed by atoms with Crippen molar-refractivity contribution in [3.63, 3.8) is 0 Å². The number of carbonyl (C=O) groups is 1. The zero-order chi connectivity index (χ0) is 23.0. The van der Waals surface area contributed by atoms with Crippen LogP contribution < -0.4 is 11.2 Å². The van der Waals surface area contributed by atoms with Gasteiger partial charge in [-0.2, -0.15) is 5.10 Å². The quantitative estimate of drug-likeness (QED) is 0.676. The van der Waals surface area contributed by atoms with Gasteiger partial charge in [0, 0.05) is 31.0 Å². The van der Waals surface area contributed by atoms with E-state index in [1.165, 1.54) is 16.8 Å². The second kappa shape index (κ2) is 8.29. The molecule has 4 rings (SSSR count). The van der Waals surface area contributed by atoms with Crippen LogP contribution in [0.3, 0.4) is 0 Å². The number of fused-ring (bicyclic) bond motifs is 1. The van der Waals surface area contributed by atoms with E-state index < -0.39 is 16.9 Å². The lowest BCUT2D eigenvalue weighted by Crippen LogP contribution is -2.47. The summed E-state index contributed by atoms with van der Waals surface area (Å²) in [5, 5.41) is 4.32. The lowest BCUT2D eigenvalue weighted by Gasteiger charge is -2.38. The van der Waals surface area contributed by atoms with Gasteiger partial charge in [-0.05, 0) is 70.6 Å². The van der Waals surface area contributed by atoms with Crippen molar-refractivity contribution in [2.45, 2.75) is 58.6 Å². The molecule has 0 aliphatic carbocycles. The minimum Gasteiger partial charge on any atom is -0.444 e. The predicted molar refractivity (Wildman–Crippen MR) is 120 cm³/mol. The summed E-state index contributed by atoms with van der Waals surface area (Å²) in [6.45, 7) is 8.38. The van der Waals surface area contributed by atoms with E-state index in [9.17, 15) is 14.4 Å². The number of aromatic amines is 1. The van der Waals surface area contributed by atoms with Crippen LogP contribution in [-0.4, -0.2) is 48.3 Å². The van der Waals surface area contributed by atoms with Crippen molar-refractivity contribution in [3.05, 3.63) is 63.2 Å². The van der Waals surface area contributed by atoms with Crippen molar-refractivity contribution < 1.29 is 9.53 Å². The summed E-state index contributed by atoms with van der Waals surface area (Å²) in [5.41, 5.74) is 1.10. The van der Waals surface area contributed by atoms with Gasteiger partial charge in [-0.25, -0.2) is 14.1 Å². The Morgan fingerprint density at radius 1 is 1.25 bits per heavy atom. The predicted octanol–water partition coefficient (Wildman–Crippen LogP) is 2.75. The molecule has 0 saturated carbocycles. The van der Waals surface area contributed by atoms with E-state index >= 15 is 0 Å². The molecule has 0 radical (unpaired) electrons. The topological polar surface area (TPSA) is 102 Å². The summed E-state index contributed by atoms with van der Waals surface area (Å²) < 4.78 is 8.64. The molecule has 4 heterocycles. The highest BCUT2D eigenvalue weighted by Gasteiger charge is 2.31. The normalized spacial score (nSPS) is 19.3. The van der Waals surface area contributed by atoms with E-state index in [1.807, 2.05) is 44.0 Å². The first-order valence-electron chi connectivity index (χ1n) is 10.9. The van der Waals surface area contributed by atoms with Gasteiger partial charge in [0.2, 0.25) is 0 Å². The van der Waals surface area contributed by atoms with Gasteiger partial charge in [0.1, 0.15) is 5.60 Å². The largest absolute Gasteiger partial charge is 0.444 e. The molecule has 3 aromatic rings. The number of rotatable bonds is 3. The number of H-pyrrole nitrogens is 1. The minimum atomic E-state index is -0.500. The van der Waals surface area contributed by atoms with E-state index in [-0.39, 0.29) is 12.1 Å². The second-order valence-corrected chi connectivity index (χ2v) is 9.49. The molecule has 9 nitrogen and oxygen atoms in total. The van der Waals surface area contributed by atoms with Gasteiger partial charge in [-0.3, -0.25) is 14.3 Å². The molecular weight excluding hydrogens is 410 g/mol. The van der Waals surface area contributed by atoms with Gasteiger partial charge >= 0.3 is 11.8 Å². The van der Waals surface area contributed by atoms with E-state index in [1.54, 1.807) is 10.7 Å². The van der Waals surface area contributed by atoms with Gasteiger partial charge < -0.3 is 9.64 Å². The van der Waals surface area contributed by atoms with Crippen molar-refractivity contribution in [2.75, 3.05) is 6.54 Å². The Morgan fingerprint density at radius 3 is 2.72 bits per heavy atom. The Kier molecular flexibility index (Phi) is 5.66. The number of ether oxygens (including phenoxy) is 1. The SMILES string of the molecule is C[C@H]1C[C@H](Cc2ccn3ncc(-n4ccc(=O)[nH]c4=O)c3c2)CCN1C(=O)OC(C)(C)C. The number of carbonyl (C=O) groups excluding carboxylic acids is 1. The number of aromatic nitrogens is 4. The lowest BCUT2D eigenvalue weighted by atomic mass is 9.87. The van der Waals surface area contributed by atoms with Crippen LogP contribution in [-0.2, 0) is 11.2 Å². The van der Waals surface area contributed by atoms with Crippen molar-refractivity contribution >= 4 is 11.6 Å². The molecular formula is C23H29N5O4. The van der Waals surface area contributed by atoms with Crippen LogP contribution in [0.15, 0.2) is 46.4 Å². The smallest absolute Gasteiger partial charge is 0.410 e. The summed E-state index contributed by atoms with van der Waals surface area (Å²) >= 11 is 0. The molecule has 170 valence electrons. The molecule has 0 unspecified atom stereocenters. The number of amides is 1. The van der Waals surface area contributed by atoms with Gasteiger partial charge in [-0.1, -0.05) is 0 Å². The average molecular weight is 440 g/mol.